The van der Waals surface area contributed by atoms with E-state index in [2.05, 4.69) is 20.2 Å². The monoisotopic (exact) mass is 498 g/mol. The van der Waals surface area contributed by atoms with E-state index in [1.807, 2.05) is 13.1 Å². The van der Waals surface area contributed by atoms with Crippen LogP contribution in [0, 0.1) is 11.6 Å². The van der Waals surface area contributed by atoms with Gasteiger partial charge in [0.1, 0.15) is 11.5 Å². The van der Waals surface area contributed by atoms with Gasteiger partial charge in [-0.1, -0.05) is 0 Å². The third-order valence-electron chi connectivity index (χ3n) is 6.28. The average molecular weight is 499 g/mol. The van der Waals surface area contributed by atoms with Crippen molar-refractivity contribution in [2.45, 2.75) is 4.90 Å². The number of nitrogens with zero attached hydrogens (tertiary/aromatic N) is 5. The summed E-state index contributed by atoms with van der Waals surface area (Å²) in [5, 5.41) is 3.57. The first-order chi connectivity index (χ1) is 16.8. The molecule has 0 bridgehead atoms. The molecule has 1 aliphatic heterocycles. The van der Waals surface area contributed by atoms with E-state index < -0.39 is 26.6 Å². The summed E-state index contributed by atoms with van der Waals surface area (Å²) in [4.78, 5) is 11.7. The molecule has 8 nitrogen and oxygen atoms in total. The Hall–Kier alpha value is -3.57. The van der Waals surface area contributed by atoms with Gasteiger partial charge in [0.25, 0.3) is 10.0 Å². The van der Waals surface area contributed by atoms with E-state index in [9.17, 15) is 8.42 Å². The lowest BCUT2D eigenvalue weighted by Crippen LogP contribution is -2.45. The standard InChI is InChI=1S/C24H24F2N6O2S/c1-27-23-4-3-16(13-29-23)19-14-28-15-22-18(19)5-6-32(22)35(33,34)17-11-20(25)24(21(26)12-17)31-9-7-30(2)8-10-31/h3-6,11-15H,7-10H2,1-2H3,(H,27,29). The summed E-state index contributed by atoms with van der Waals surface area (Å²) in [6.45, 7) is 2.24. The van der Waals surface area contributed by atoms with Gasteiger partial charge in [-0.2, -0.15) is 0 Å². The molecule has 0 unspecified atom stereocenters. The fourth-order valence-corrected chi connectivity index (χ4v) is 5.67. The fraction of sp³-hybridized carbons (Fsp3) is 0.250. The molecule has 0 atom stereocenters. The van der Waals surface area contributed by atoms with Crippen LogP contribution in [0.2, 0.25) is 0 Å². The van der Waals surface area contributed by atoms with Gasteiger partial charge in [0, 0.05) is 68.3 Å². The Bertz CT molecular complexity index is 1470. The molecule has 35 heavy (non-hydrogen) atoms. The van der Waals surface area contributed by atoms with Crippen molar-refractivity contribution < 1.29 is 17.2 Å². The Morgan fingerprint density at radius 1 is 0.971 bits per heavy atom. The molecule has 182 valence electrons. The topological polar surface area (TPSA) is 83.4 Å². The fourth-order valence-electron chi connectivity index (χ4n) is 4.31. The predicted molar refractivity (Wildman–Crippen MR) is 131 cm³/mol. The molecule has 0 spiro atoms. The predicted octanol–water partition coefficient (Wildman–Crippen LogP) is 3.41. The molecule has 1 fully saturated rings. The smallest absolute Gasteiger partial charge is 0.268 e. The highest BCUT2D eigenvalue weighted by molar-refractivity contribution is 7.90. The van der Waals surface area contributed by atoms with Crippen LogP contribution in [-0.2, 0) is 10.0 Å². The van der Waals surface area contributed by atoms with Crippen molar-refractivity contribution in [3.8, 4) is 11.1 Å². The zero-order chi connectivity index (χ0) is 24.7. The molecule has 3 aromatic heterocycles. The zero-order valence-electron chi connectivity index (χ0n) is 19.2. The van der Waals surface area contributed by atoms with Crippen molar-refractivity contribution in [3.05, 3.63) is 66.8 Å². The number of anilines is 2. The van der Waals surface area contributed by atoms with Gasteiger partial charge >= 0.3 is 0 Å². The van der Waals surface area contributed by atoms with Crippen molar-refractivity contribution in [3.63, 3.8) is 0 Å². The summed E-state index contributed by atoms with van der Waals surface area (Å²) in [7, 11) is -0.586. The number of rotatable bonds is 5. The van der Waals surface area contributed by atoms with Crippen LogP contribution in [0.25, 0.3) is 22.0 Å². The number of halogens is 2. The Morgan fingerprint density at radius 2 is 1.69 bits per heavy atom. The van der Waals surface area contributed by atoms with E-state index in [1.54, 1.807) is 36.5 Å². The summed E-state index contributed by atoms with van der Waals surface area (Å²) in [5.74, 6) is -1.11. The number of pyridine rings is 2. The van der Waals surface area contributed by atoms with Gasteiger partial charge in [0.15, 0.2) is 11.6 Å². The lowest BCUT2D eigenvalue weighted by Gasteiger charge is -2.34. The van der Waals surface area contributed by atoms with Crippen molar-refractivity contribution in [1.29, 1.82) is 0 Å². The molecule has 4 heterocycles. The maximum Gasteiger partial charge on any atom is 0.268 e. The maximum absolute atomic E-state index is 15.0. The van der Waals surface area contributed by atoms with Crippen molar-refractivity contribution in [1.82, 2.24) is 18.8 Å². The van der Waals surface area contributed by atoms with Crippen LogP contribution in [0.3, 0.4) is 0 Å². The van der Waals surface area contributed by atoms with Gasteiger partial charge in [0.2, 0.25) is 0 Å². The lowest BCUT2D eigenvalue weighted by atomic mass is 10.1. The molecular formula is C24H24F2N6O2S. The highest BCUT2D eigenvalue weighted by Gasteiger charge is 2.27. The number of benzene rings is 1. The first-order valence-corrected chi connectivity index (χ1v) is 12.5. The number of hydrogen-bond acceptors (Lipinski definition) is 7. The molecule has 4 aromatic rings. The number of piperazine rings is 1. The normalized spacial score (nSPS) is 15.0. The van der Waals surface area contributed by atoms with E-state index >= 15 is 8.78 Å². The largest absolute Gasteiger partial charge is 0.373 e. The van der Waals surface area contributed by atoms with E-state index in [0.29, 0.717) is 48.5 Å². The van der Waals surface area contributed by atoms with Crippen LogP contribution in [0.5, 0.6) is 0 Å². The lowest BCUT2D eigenvalue weighted by molar-refractivity contribution is 0.310. The summed E-state index contributed by atoms with van der Waals surface area (Å²) in [6.07, 6.45) is 6.07. The van der Waals surface area contributed by atoms with Gasteiger partial charge in [0.05, 0.1) is 16.6 Å². The number of hydrogen-bond donors (Lipinski definition) is 1. The molecule has 1 aliphatic rings. The highest BCUT2D eigenvalue weighted by Crippen LogP contribution is 2.32. The Labute approximate surface area is 201 Å². The van der Waals surface area contributed by atoms with Crippen LogP contribution < -0.4 is 10.2 Å². The van der Waals surface area contributed by atoms with Gasteiger partial charge in [-0.25, -0.2) is 26.2 Å². The van der Waals surface area contributed by atoms with Gasteiger partial charge < -0.3 is 15.1 Å². The molecule has 0 aliphatic carbocycles. The number of likely N-dealkylation sites (N-methyl/N-ethyl adjacent to an activating group) is 1. The van der Waals surface area contributed by atoms with E-state index in [1.165, 1.54) is 12.4 Å². The summed E-state index contributed by atoms with van der Waals surface area (Å²) < 4.78 is 57.9. The van der Waals surface area contributed by atoms with Gasteiger partial charge in [-0.05, 0) is 37.4 Å². The molecule has 0 amide bonds. The summed E-state index contributed by atoms with van der Waals surface area (Å²) in [5.41, 5.74) is 1.54. The Morgan fingerprint density at radius 3 is 2.31 bits per heavy atom. The second-order valence-electron chi connectivity index (χ2n) is 8.44. The third-order valence-corrected chi connectivity index (χ3v) is 7.95. The molecule has 1 aromatic carbocycles. The number of aromatic nitrogens is 3. The Kier molecular flexibility index (Phi) is 5.89. The van der Waals surface area contributed by atoms with Crippen LogP contribution >= 0.6 is 0 Å². The molecule has 11 heteroatoms. The molecule has 0 saturated carbocycles. The maximum atomic E-state index is 15.0. The van der Waals surface area contributed by atoms with Crippen LogP contribution in [-0.4, -0.2) is 67.5 Å². The number of nitrogens with one attached hydrogen (secondary N) is 1. The summed E-state index contributed by atoms with van der Waals surface area (Å²) in [6, 6.07) is 7.06. The highest BCUT2D eigenvalue weighted by atomic mass is 32.2. The van der Waals surface area contributed by atoms with Crippen LogP contribution in [0.1, 0.15) is 0 Å². The first kappa shape index (κ1) is 23.2. The minimum absolute atomic E-state index is 0.198. The van der Waals surface area contributed by atoms with E-state index in [0.717, 1.165) is 21.7 Å². The minimum atomic E-state index is -4.29. The molecule has 0 radical (unpaired) electrons. The van der Waals surface area contributed by atoms with Crippen LogP contribution in [0.4, 0.5) is 20.3 Å². The quantitative estimate of drug-likeness (QED) is 0.452. The first-order valence-electron chi connectivity index (χ1n) is 11.1. The molecule has 1 saturated heterocycles. The van der Waals surface area contributed by atoms with Gasteiger partial charge in [-0.3, -0.25) is 4.98 Å². The van der Waals surface area contributed by atoms with Crippen molar-refractivity contribution >= 4 is 32.4 Å². The zero-order valence-corrected chi connectivity index (χ0v) is 20.1. The second kappa shape index (κ2) is 8.90. The van der Waals surface area contributed by atoms with E-state index in [-0.39, 0.29) is 5.69 Å². The molecule has 1 N–H and O–H groups in total. The SMILES string of the molecule is CNc1ccc(-c2cncc3c2ccn3S(=O)(=O)c2cc(F)c(N3CCN(C)CC3)c(F)c2)cn1. The average Bonchev–Trinajstić information content (AvgIpc) is 3.30. The molecular weight excluding hydrogens is 474 g/mol. The van der Waals surface area contributed by atoms with Crippen molar-refractivity contribution in [2.24, 2.45) is 0 Å². The van der Waals surface area contributed by atoms with Crippen LogP contribution in [0.15, 0.2) is 60.0 Å². The third kappa shape index (κ3) is 4.10. The summed E-state index contributed by atoms with van der Waals surface area (Å²) >= 11 is 0. The second-order valence-corrected chi connectivity index (χ2v) is 10.3. The molecule has 5 rings (SSSR count). The number of fused-ring (bicyclic) bond motifs is 1. The van der Waals surface area contributed by atoms with E-state index in [4.69, 9.17) is 0 Å². The van der Waals surface area contributed by atoms with Crippen molar-refractivity contribution in [2.75, 3.05) is 50.5 Å². The minimum Gasteiger partial charge on any atom is -0.373 e. The Balaban J connectivity index is 1.55. The van der Waals surface area contributed by atoms with Gasteiger partial charge in [-0.15, -0.1) is 0 Å².